The van der Waals surface area contributed by atoms with Gasteiger partial charge in [-0.1, -0.05) is 23.1 Å². The Labute approximate surface area is 162 Å². The first-order valence-corrected chi connectivity index (χ1v) is 10.6. The number of amides is 2. The lowest BCUT2D eigenvalue weighted by Gasteiger charge is -2.19. The van der Waals surface area contributed by atoms with Crippen LogP contribution in [0.15, 0.2) is 16.5 Å². The maximum Gasteiger partial charge on any atom is 0.408 e. The topological polar surface area (TPSA) is 93.2 Å². The first-order valence-electron chi connectivity index (χ1n) is 7.76. The third-order valence-corrected chi connectivity index (χ3v) is 6.31. The van der Waals surface area contributed by atoms with Crippen molar-refractivity contribution < 1.29 is 14.3 Å². The number of hydrogen-bond donors (Lipinski definition) is 2. The molecule has 0 saturated carbocycles. The van der Waals surface area contributed by atoms with E-state index in [0.717, 1.165) is 24.8 Å². The smallest absolute Gasteiger partial charge is 0.408 e. The van der Waals surface area contributed by atoms with Gasteiger partial charge in [0.15, 0.2) is 9.47 Å². The number of ether oxygens (including phenoxy) is 1. The molecule has 0 bridgehead atoms. The number of thioether (sulfide) groups is 1. The number of thiazole rings is 2. The number of alkyl carbamates (subject to hydrolysis) is 1. The molecule has 10 heteroatoms. The van der Waals surface area contributed by atoms with Gasteiger partial charge in [0.25, 0.3) is 0 Å². The standard InChI is InChI=1S/C16H18N4O3S3/c1-16(2,3)23-14(22)17-7-10(21)20-13-18-8-5-6-9-12(11(8)25-13)26-15(19-9)24-4/h5-6H,7H2,1-4H3,(H,17,22)(H,18,20,21). The van der Waals surface area contributed by atoms with Gasteiger partial charge in [-0.3, -0.25) is 4.79 Å². The predicted molar refractivity (Wildman–Crippen MR) is 107 cm³/mol. The molecule has 0 unspecified atom stereocenters. The lowest BCUT2D eigenvalue weighted by molar-refractivity contribution is -0.115. The van der Waals surface area contributed by atoms with Crippen LogP contribution < -0.4 is 10.6 Å². The first-order chi connectivity index (χ1) is 12.2. The second-order valence-corrected chi connectivity index (χ2v) is 9.42. The lowest BCUT2D eigenvalue weighted by atomic mass is 10.2. The third-order valence-electron chi connectivity index (χ3n) is 3.11. The molecule has 0 spiro atoms. The van der Waals surface area contributed by atoms with Crippen molar-refractivity contribution in [3.05, 3.63) is 12.1 Å². The van der Waals surface area contributed by atoms with E-state index in [-0.39, 0.29) is 12.5 Å². The second-order valence-electron chi connectivity index (χ2n) is 6.37. The number of nitrogens with one attached hydrogen (secondary N) is 2. The first kappa shape index (κ1) is 18.9. The summed E-state index contributed by atoms with van der Waals surface area (Å²) in [5, 5.41) is 5.63. The summed E-state index contributed by atoms with van der Waals surface area (Å²) < 4.78 is 8.15. The molecule has 2 amide bonds. The van der Waals surface area contributed by atoms with E-state index in [1.54, 1.807) is 43.9 Å². The summed E-state index contributed by atoms with van der Waals surface area (Å²) in [5.74, 6) is -0.361. The zero-order valence-electron chi connectivity index (χ0n) is 14.7. The Bertz CT molecular complexity index is 974. The van der Waals surface area contributed by atoms with Crippen LogP contribution in [0.5, 0.6) is 0 Å². The molecule has 2 heterocycles. The van der Waals surface area contributed by atoms with E-state index in [1.807, 2.05) is 18.4 Å². The van der Waals surface area contributed by atoms with Crippen molar-refractivity contribution in [1.29, 1.82) is 0 Å². The quantitative estimate of drug-likeness (QED) is 0.629. The SMILES string of the molecule is CSc1nc2ccc3nc(NC(=O)CNC(=O)OC(C)(C)C)sc3c2s1. The van der Waals surface area contributed by atoms with Gasteiger partial charge in [-0.05, 0) is 39.2 Å². The summed E-state index contributed by atoms with van der Waals surface area (Å²) in [5.41, 5.74) is 1.14. The van der Waals surface area contributed by atoms with E-state index in [2.05, 4.69) is 20.6 Å². The van der Waals surface area contributed by atoms with Gasteiger partial charge < -0.3 is 15.4 Å². The van der Waals surface area contributed by atoms with Crippen LogP contribution in [0.2, 0.25) is 0 Å². The number of aromatic nitrogens is 2. The minimum atomic E-state index is -0.632. The highest BCUT2D eigenvalue weighted by molar-refractivity contribution is 8.00. The molecule has 0 fully saturated rings. The summed E-state index contributed by atoms with van der Waals surface area (Å²) in [6.45, 7) is 5.10. The Morgan fingerprint density at radius 2 is 1.81 bits per heavy atom. The monoisotopic (exact) mass is 410 g/mol. The average Bonchev–Trinajstić information content (AvgIpc) is 3.13. The summed E-state index contributed by atoms with van der Waals surface area (Å²) in [6.07, 6.45) is 1.36. The maximum atomic E-state index is 12.0. The highest BCUT2D eigenvalue weighted by Crippen LogP contribution is 2.37. The van der Waals surface area contributed by atoms with Crippen LogP contribution in [0.1, 0.15) is 20.8 Å². The highest BCUT2D eigenvalue weighted by atomic mass is 32.2. The Morgan fingerprint density at radius 1 is 1.15 bits per heavy atom. The number of rotatable bonds is 4. The second kappa shape index (κ2) is 7.37. The molecule has 7 nitrogen and oxygen atoms in total. The van der Waals surface area contributed by atoms with Crippen LogP contribution in [0, 0.1) is 0 Å². The Morgan fingerprint density at radius 3 is 2.46 bits per heavy atom. The normalized spacial score (nSPS) is 11.7. The minimum absolute atomic E-state index is 0.183. The van der Waals surface area contributed by atoms with Gasteiger partial charge in [0.2, 0.25) is 5.91 Å². The molecular formula is C16H18N4O3S3. The summed E-state index contributed by atoms with van der Waals surface area (Å²) in [6, 6.07) is 3.83. The van der Waals surface area contributed by atoms with Gasteiger partial charge in [-0.25, -0.2) is 14.8 Å². The van der Waals surface area contributed by atoms with E-state index < -0.39 is 11.7 Å². The van der Waals surface area contributed by atoms with E-state index in [0.29, 0.717) is 5.13 Å². The number of carbonyl (C=O) groups excluding carboxylic acids is 2. The Balaban J connectivity index is 1.69. The van der Waals surface area contributed by atoms with Crippen LogP contribution in [0.25, 0.3) is 20.4 Å². The van der Waals surface area contributed by atoms with Crippen molar-refractivity contribution in [2.24, 2.45) is 0 Å². The molecule has 26 heavy (non-hydrogen) atoms. The molecule has 0 atom stereocenters. The number of hydrogen-bond acceptors (Lipinski definition) is 8. The van der Waals surface area contributed by atoms with Gasteiger partial charge in [0.1, 0.15) is 12.1 Å². The van der Waals surface area contributed by atoms with Gasteiger partial charge in [0, 0.05) is 0 Å². The van der Waals surface area contributed by atoms with Crippen molar-refractivity contribution in [2.75, 3.05) is 18.1 Å². The van der Waals surface area contributed by atoms with E-state index >= 15 is 0 Å². The molecule has 0 aliphatic carbocycles. The molecule has 3 aromatic rings. The van der Waals surface area contributed by atoms with Gasteiger partial charge in [0.05, 0.1) is 20.4 Å². The highest BCUT2D eigenvalue weighted by Gasteiger charge is 2.17. The summed E-state index contributed by atoms with van der Waals surface area (Å²) in [4.78, 5) is 32.6. The van der Waals surface area contributed by atoms with Crippen molar-refractivity contribution in [2.45, 2.75) is 30.7 Å². The molecule has 2 aromatic heterocycles. The van der Waals surface area contributed by atoms with Crippen molar-refractivity contribution in [1.82, 2.24) is 15.3 Å². The van der Waals surface area contributed by atoms with Crippen LogP contribution in [-0.2, 0) is 9.53 Å². The van der Waals surface area contributed by atoms with Crippen LogP contribution >= 0.6 is 34.4 Å². The molecule has 1 aromatic carbocycles. The Hall–Kier alpha value is -1.91. The number of benzene rings is 1. The molecule has 0 saturated heterocycles. The van der Waals surface area contributed by atoms with Crippen LogP contribution in [-0.4, -0.2) is 40.4 Å². The minimum Gasteiger partial charge on any atom is -0.444 e. The number of anilines is 1. The van der Waals surface area contributed by atoms with Gasteiger partial charge >= 0.3 is 6.09 Å². The fourth-order valence-corrected chi connectivity index (χ4v) is 4.80. The lowest BCUT2D eigenvalue weighted by Crippen LogP contribution is -2.37. The van der Waals surface area contributed by atoms with Crippen molar-refractivity contribution in [3.63, 3.8) is 0 Å². The summed E-state index contributed by atoms with van der Waals surface area (Å²) in [7, 11) is 0. The average molecular weight is 411 g/mol. The van der Waals surface area contributed by atoms with E-state index in [4.69, 9.17) is 4.74 Å². The molecule has 0 radical (unpaired) electrons. The number of fused-ring (bicyclic) bond motifs is 3. The van der Waals surface area contributed by atoms with Gasteiger partial charge in [-0.2, -0.15) is 0 Å². The molecular weight excluding hydrogens is 392 g/mol. The van der Waals surface area contributed by atoms with E-state index in [1.165, 1.54) is 11.3 Å². The molecule has 0 aliphatic heterocycles. The molecule has 0 aliphatic rings. The fraction of sp³-hybridized carbons (Fsp3) is 0.375. The Kier molecular flexibility index (Phi) is 5.35. The van der Waals surface area contributed by atoms with Crippen molar-refractivity contribution >= 4 is 72.0 Å². The number of carbonyl (C=O) groups is 2. The fourth-order valence-electron chi connectivity index (χ4n) is 2.12. The zero-order valence-corrected chi connectivity index (χ0v) is 17.2. The number of nitrogens with zero attached hydrogens (tertiary/aromatic N) is 2. The van der Waals surface area contributed by atoms with Crippen LogP contribution in [0.4, 0.5) is 9.93 Å². The van der Waals surface area contributed by atoms with E-state index in [9.17, 15) is 9.59 Å². The summed E-state index contributed by atoms with van der Waals surface area (Å²) >= 11 is 4.62. The molecule has 2 N–H and O–H groups in total. The molecule has 3 rings (SSSR count). The van der Waals surface area contributed by atoms with Gasteiger partial charge in [-0.15, -0.1) is 11.3 Å². The third kappa shape index (κ3) is 4.43. The van der Waals surface area contributed by atoms with Crippen LogP contribution in [0.3, 0.4) is 0 Å². The predicted octanol–water partition coefficient (Wildman–Crippen LogP) is 4.09. The maximum absolute atomic E-state index is 12.0. The molecule has 138 valence electrons. The zero-order chi connectivity index (χ0) is 18.9. The van der Waals surface area contributed by atoms with Crippen molar-refractivity contribution in [3.8, 4) is 0 Å². The largest absolute Gasteiger partial charge is 0.444 e.